The number of amides is 1. The number of methoxy groups -OCH3 is 2. The SMILES string of the molecule is COCCN(CCOC)C(=O)CN(c1ccncc1)S(=O)(=O)c1ccccc1. The molecule has 152 valence electrons. The zero-order chi connectivity index (χ0) is 20.4. The summed E-state index contributed by atoms with van der Waals surface area (Å²) in [7, 11) is -0.841. The third-order valence-electron chi connectivity index (χ3n) is 4.04. The molecule has 1 aromatic heterocycles. The molecule has 0 aliphatic rings. The van der Waals surface area contributed by atoms with Crippen LogP contribution in [-0.4, -0.2) is 71.3 Å². The first-order valence-electron chi connectivity index (χ1n) is 8.74. The Hall–Kier alpha value is -2.49. The van der Waals surface area contributed by atoms with E-state index >= 15 is 0 Å². The first-order valence-corrected chi connectivity index (χ1v) is 10.2. The van der Waals surface area contributed by atoms with Gasteiger partial charge in [0.2, 0.25) is 5.91 Å². The number of nitrogens with zero attached hydrogens (tertiary/aromatic N) is 3. The van der Waals surface area contributed by atoms with Crippen LogP contribution in [0.3, 0.4) is 0 Å². The monoisotopic (exact) mass is 407 g/mol. The first-order chi connectivity index (χ1) is 13.5. The van der Waals surface area contributed by atoms with Crippen LogP contribution >= 0.6 is 0 Å². The number of ether oxygens (including phenoxy) is 2. The van der Waals surface area contributed by atoms with Gasteiger partial charge in [0.15, 0.2) is 0 Å². The topological polar surface area (TPSA) is 89.0 Å². The number of anilines is 1. The highest BCUT2D eigenvalue weighted by Crippen LogP contribution is 2.23. The van der Waals surface area contributed by atoms with Crippen molar-refractivity contribution in [2.45, 2.75) is 4.90 Å². The standard InChI is InChI=1S/C19H25N3O5S/c1-26-14-12-21(13-15-27-2)19(23)16-22(17-8-10-20-11-9-17)28(24,25)18-6-4-3-5-7-18/h3-11H,12-16H2,1-2H3. The lowest BCUT2D eigenvalue weighted by Gasteiger charge is -2.28. The Labute approximate surface area is 165 Å². The number of aromatic nitrogens is 1. The van der Waals surface area contributed by atoms with E-state index in [1.54, 1.807) is 44.6 Å². The molecule has 8 nitrogen and oxygen atoms in total. The highest BCUT2D eigenvalue weighted by Gasteiger charge is 2.28. The van der Waals surface area contributed by atoms with Gasteiger partial charge in [-0.3, -0.25) is 14.1 Å². The third-order valence-corrected chi connectivity index (χ3v) is 5.83. The molecule has 0 atom stereocenters. The van der Waals surface area contributed by atoms with E-state index in [1.165, 1.54) is 29.4 Å². The predicted octanol–water partition coefficient (Wildman–Crippen LogP) is 1.40. The maximum absolute atomic E-state index is 13.2. The van der Waals surface area contributed by atoms with Crippen molar-refractivity contribution < 1.29 is 22.7 Å². The number of sulfonamides is 1. The van der Waals surface area contributed by atoms with E-state index in [-0.39, 0.29) is 17.3 Å². The summed E-state index contributed by atoms with van der Waals surface area (Å²) in [6.45, 7) is 1.03. The molecule has 1 heterocycles. The summed E-state index contributed by atoms with van der Waals surface area (Å²) in [5, 5.41) is 0. The van der Waals surface area contributed by atoms with Gasteiger partial charge < -0.3 is 14.4 Å². The molecule has 2 rings (SSSR count). The van der Waals surface area contributed by atoms with Crippen LogP contribution in [0.4, 0.5) is 5.69 Å². The molecule has 1 aromatic carbocycles. The second-order valence-corrected chi connectivity index (χ2v) is 7.76. The van der Waals surface area contributed by atoms with E-state index in [0.29, 0.717) is 32.0 Å². The molecular formula is C19H25N3O5S. The molecule has 9 heteroatoms. The van der Waals surface area contributed by atoms with Crippen LogP contribution < -0.4 is 4.31 Å². The van der Waals surface area contributed by atoms with Gasteiger partial charge in [-0.05, 0) is 24.3 Å². The number of benzene rings is 1. The van der Waals surface area contributed by atoms with Crippen molar-refractivity contribution in [2.24, 2.45) is 0 Å². The van der Waals surface area contributed by atoms with Crippen LogP contribution in [0.5, 0.6) is 0 Å². The van der Waals surface area contributed by atoms with Crippen molar-refractivity contribution >= 4 is 21.6 Å². The maximum Gasteiger partial charge on any atom is 0.264 e. The van der Waals surface area contributed by atoms with Crippen LogP contribution in [0.25, 0.3) is 0 Å². The van der Waals surface area contributed by atoms with E-state index in [1.807, 2.05) is 0 Å². The van der Waals surface area contributed by atoms with Crippen LogP contribution in [0.2, 0.25) is 0 Å². The molecule has 2 aromatic rings. The second-order valence-electron chi connectivity index (χ2n) is 5.90. The van der Waals surface area contributed by atoms with Gasteiger partial charge in [-0.1, -0.05) is 18.2 Å². The minimum absolute atomic E-state index is 0.111. The quantitative estimate of drug-likeness (QED) is 0.559. The average molecular weight is 407 g/mol. The molecule has 0 aliphatic carbocycles. The number of pyridine rings is 1. The lowest BCUT2D eigenvalue weighted by molar-refractivity contribution is -0.130. The molecule has 0 saturated heterocycles. The zero-order valence-electron chi connectivity index (χ0n) is 16.0. The molecule has 0 fully saturated rings. The van der Waals surface area contributed by atoms with E-state index in [9.17, 15) is 13.2 Å². The molecule has 1 amide bonds. The van der Waals surface area contributed by atoms with E-state index in [0.717, 1.165) is 4.31 Å². The molecule has 0 unspecified atom stereocenters. The molecular weight excluding hydrogens is 382 g/mol. The number of carbonyl (C=O) groups is 1. The fraction of sp³-hybridized carbons (Fsp3) is 0.368. The minimum atomic E-state index is -3.93. The first kappa shape index (κ1) is 21.8. The lowest BCUT2D eigenvalue weighted by atomic mass is 10.3. The number of hydrogen-bond donors (Lipinski definition) is 0. The molecule has 0 spiro atoms. The predicted molar refractivity (Wildman–Crippen MR) is 106 cm³/mol. The highest BCUT2D eigenvalue weighted by molar-refractivity contribution is 7.92. The van der Waals surface area contributed by atoms with Crippen LogP contribution in [-0.2, 0) is 24.3 Å². The van der Waals surface area contributed by atoms with Gasteiger partial charge in [0, 0.05) is 39.7 Å². The Morgan fingerprint density at radius 3 is 2.07 bits per heavy atom. The van der Waals surface area contributed by atoms with Gasteiger partial charge in [0.1, 0.15) is 6.54 Å². The molecule has 0 radical (unpaired) electrons. The molecule has 0 bridgehead atoms. The second kappa shape index (κ2) is 10.7. The Morgan fingerprint density at radius 2 is 1.54 bits per heavy atom. The summed E-state index contributed by atoms with van der Waals surface area (Å²) in [5.41, 5.74) is 0.366. The maximum atomic E-state index is 13.2. The normalized spacial score (nSPS) is 11.2. The molecule has 28 heavy (non-hydrogen) atoms. The van der Waals surface area contributed by atoms with Gasteiger partial charge >= 0.3 is 0 Å². The summed E-state index contributed by atoms with van der Waals surface area (Å²) in [6, 6.07) is 11.1. The largest absolute Gasteiger partial charge is 0.383 e. The van der Waals surface area contributed by atoms with E-state index < -0.39 is 10.0 Å². The van der Waals surface area contributed by atoms with Crippen molar-refractivity contribution in [3.05, 3.63) is 54.9 Å². The number of carbonyl (C=O) groups excluding carboxylic acids is 1. The van der Waals surface area contributed by atoms with Crippen molar-refractivity contribution in [1.29, 1.82) is 0 Å². The van der Waals surface area contributed by atoms with Crippen molar-refractivity contribution in [1.82, 2.24) is 9.88 Å². The van der Waals surface area contributed by atoms with Gasteiger partial charge in [0.05, 0.1) is 23.8 Å². The van der Waals surface area contributed by atoms with Gasteiger partial charge in [-0.15, -0.1) is 0 Å². The summed E-state index contributed by atoms with van der Waals surface area (Å²) < 4.78 is 37.6. The van der Waals surface area contributed by atoms with E-state index in [2.05, 4.69) is 4.98 Å². The fourth-order valence-electron chi connectivity index (χ4n) is 2.53. The molecule has 0 saturated carbocycles. The highest BCUT2D eigenvalue weighted by atomic mass is 32.2. The Morgan fingerprint density at radius 1 is 0.964 bits per heavy atom. The van der Waals surface area contributed by atoms with Gasteiger partial charge in [-0.2, -0.15) is 0 Å². The summed E-state index contributed by atoms with van der Waals surface area (Å²) >= 11 is 0. The average Bonchev–Trinajstić information content (AvgIpc) is 2.73. The van der Waals surface area contributed by atoms with Gasteiger partial charge in [0.25, 0.3) is 10.0 Å². The Bertz CT molecular complexity index is 823. The van der Waals surface area contributed by atoms with Crippen LogP contribution in [0.15, 0.2) is 59.8 Å². The minimum Gasteiger partial charge on any atom is -0.383 e. The fourth-order valence-corrected chi connectivity index (χ4v) is 3.97. The van der Waals surface area contributed by atoms with Crippen molar-refractivity contribution in [2.75, 3.05) is 51.4 Å². The smallest absolute Gasteiger partial charge is 0.264 e. The van der Waals surface area contributed by atoms with Crippen molar-refractivity contribution in [3.63, 3.8) is 0 Å². The van der Waals surface area contributed by atoms with E-state index in [4.69, 9.17) is 9.47 Å². The number of rotatable bonds is 11. The molecule has 0 N–H and O–H groups in total. The summed E-state index contributed by atoms with van der Waals surface area (Å²) in [4.78, 5) is 18.5. The molecule has 0 aliphatic heterocycles. The van der Waals surface area contributed by atoms with Crippen LogP contribution in [0.1, 0.15) is 0 Å². The Balaban J connectivity index is 2.33. The zero-order valence-corrected chi connectivity index (χ0v) is 16.8. The third kappa shape index (κ3) is 5.75. The van der Waals surface area contributed by atoms with Crippen LogP contribution in [0, 0.1) is 0 Å². The van der Waals surface area contributed by atoms with Crippen molar-refractivity contribution in [3.8, 4) is 0 Å². The Kier molecular flexibility index (Phi) is 8.37. The summed E-state index contributed by atoms with van der Waals surface area (Å²) in [6.07, 6.45) is 2.97. The lowest BCUT2D eigenvalue weighted by Crippen LogP contribution is -2.45. The van der Waals surface area contributed by atoms with Gasteiger partial charge in [-0.25, -0.2) is 8.42 Å². The number of hydrogen-bond acceptors (Lipinski definition) is 6. The summed E-state index contributed by atoms with van der Waals surface area (Å²) in [5.74, 6) is -0.342.